The average molecular weight is 561 g/mol. The minimum absolute atomic E-state index is 0.103. The van der Waals surface area contributed by atoms with Crippen molar-refractivity contribution in [2.75, 3.05) is 19.0 Å². The van der Waals surface area contributed by atoms with Gasteiger partial charge in [-0.2, -0.15) is 0 Å². The van der Waals surface area contributed by atoms with Crippen molar-refractivity contribution in [3.05, 3.63) is 92.6 Å². The molecule has 0 bridgehead atoms. The van der Waals surface area contributed by atoms with E-state index < -0.39 is 29.4 Å². The molecule has 0 saturated carbocycles. The lowest BCUT2D eigenvalue weighted by Gasteiger charge is -2.14. The maximum atomic E-state index is 13.3. The molecule has 0 spiro atoms. The summed E-state index contributed by atoms with van der Waals surface area (Å²) in [6.07, 6.45) is 1.47. The van der Waals surface area contributed by atoms with Gasteiger partial charge in [-0.1, -0.05) is 47.5 Å². The van der Waals surface area contributed by atoms with Gasteiger partial charge >= 0.3 is 0 Å². The SMILES string of the molecule is COc1cc(/C=C2/SC(=O)N(CC(=O)Nc3cccc(F)c3)C2=O)cc(Cl)c1OCc1ccccc1Cl. The van der Waals surface area contributed by atoms with Crippen LogP contribution < -0.4 is 14.8 Å². The molecule has 4 rings (SSSR count). The third-order valence-corrected chi connectivity index (χ3v) is 6.72. The number of halogens is 3. The van der Waals surface area contributed by atoms with Crippen LogP contribution in [0.5, 0.6) is 11.5 Å². The molecule has 11 heteroatoms. The van der Waals surface area contributed by atoms with Crippen LogP contribution in [0.2, 0.25) is 10.0 Å². The molecule has 0 aliphatic carbocycles. The van der Waals surface area contributed by atoms with Gasteiger partial charge in [-0.25, -0.2) is 4.39 Å². The minimum atomic E-state index is -0.640. The molecule has 1 aliphatic rings. The third kappa shape index (κ3) is 6.43. The fraction of sp³-hybridized carbons (Fsp3) is 0.115. The topological polar surface area (TPSA) is 84.9 Å². The fourth-order valence-corrected chi connectivity index (χ4v) is 4.73. The van der Waals surface area contributed by atoms with Crippen LogP contribution in [0.25, 0.3) is 6.08 Å². The molecule has 0 atom stereocenters. The number of carbonyl (C=O) groups excluding carboxylic acids is 3. The van der Waals surface area contributed by atoms with Gasteiger partial charge in [-0.05, 0) is 59.8 Å². The number of thioether (sulfide) groups is 1. The van der Waals surface area contributed by atoms with Gasteiger partial charge in [-0.15, -0.1) is 0 Å². The van der Waals surface area contributed by atoms with Crippen molar-refractivity contribution in [2.45, 2.75) is 6.61 Å². The molecule has 190 valence electrons. The monoisotopic (exact) mass is 560 g/mol. The van der Waals surface area contributed by atoms with E-state index in [0.717, 1.165) is 16.5 Å². The van der Waals surface area contributed by atoms with Crippen LogP contribution >= 0.6 is 35.0 Å². The van der Waals surface area contributed by atoms with Crippen molar-refractivity contribution in [2.24, 2.45) is 0 Å². The molecule has 37 heavy (non-hydrogen) atoms. The van der Waals surface area contributed by atoms with E-state index in [1.807, 2.05) is 18.2 Å². The molecule has 7 nitrogen and oxygen atoms in total. The van der Waals surface area contributed by atoms with E-state index in [-0.39, 0.29) is 22.2 Å². The maximum absolute atomic E-state index is 13.3. The molecule has 1 aliphatic heterocycles. The van der Waals surface area contributed by atoms with Gasteiger partial charge in [0.1, 0.15) is 19.0 Å². The normalized spacial score (nSPS) is 14.3. The van der Waals surface area contributed by atoms with Crippen molar-refractivity contribution in [3.63, 3.8) is 0 Å². The lowest BCUT2D eigenvalue weighted by atomic mass is 10.1. The summed E-state index contributed by atoms with van der Waals surface area (Å²) in [6.45, 7) is -0.358. The van der Waals surface area contributed by atoms with E-state index in [2.05, 4.69) is 5.32 Å². The highest BCUT2D eigenvalue weighted by atomic mass is 35.5. The van der Waals surface area contributed by atoms with Crippen LogP contribution in [-0.2, 0) is 16.2 Å². The molecule has 0 radical (unpaired) electrons. The predicted octanol–water partition coefficient (Wildman–Crippen LogP) is 6.40. The van der Waals surface area contributed by atoms with Crippen molar-refractivity contribution in [1.29, 1.82) is 0 Å². The van der Waals surface area contributed by atoms with Gasteiger partial charge in [0.2, 0.25) is 5.91 Å². The van der Waals surface area contributed by atoms with E-state index >= 15 is 0 Å². The molecule has 0 unspecified atom stereocenters. The second kappa shape index (κ2) is 11.7. The zero-order chi connectivity index (χ0) is 26.5. The van der Waals surface area contributed by atoms with E-state index in [0.29, 0.717) is 33.8 Å². The van der Waals surface area contributed by atoms with E-state index in [9.17, 15) is 18.8 Å². The standard InChI is InChI=1S/C26H19Cl2FN2O5S/c1-35-21-10-15(9-20(28)24(21)36-14-16-5-2-3-8-19(16)27)11-22-25(33)31(26(34)37-22)13-23(32)30-18-7-4-6-17(29)12-18/h2-12H,13-14H2,1H3,(H,30,32)/b22-11+. The highest BCUT2D eigenvalue weighted by Crippen LogP contribution is 2.39. The largest absolute Gasteiger partial charge is 0.493 e. The number of imide groups is 1. The van der Waals surface area contributed by atoms with Crippen LogP contribution in [0.3, 0.4) is 0 Å². The number of nitrogens with zero attached hydrogens (tertiary/aromatic N) is 1. The highest BCUT2D eigenvalue weighted by molar-refractivity contribution is 8.18. The second-order valence-corrected chi connectivity index (χ2v) is 9.55. The highest BCUT2D eigenvalue weighted by Gasteiger charge is 2.36. The third-order valence-electron chi connectivity index (χ3n) is 5.16. The predicted molar refractivity (Wildman–Crippen MR) is 141 cm³/mol. The number of amides is 3. The molecule has 3 aromatic carbocycles. The summed E-state index contributed by atoms with van der Waals surface area (Å²) in [5.74, 6) is -1.19. The van der Waals surface area contributed by atoms with Crippen LogP contribution in [0, 0.1) is 5.82 Å². The molecule has 1 fully saturated rings. The first-order valence-electron chi connectivity index (χ1n) is 10.8. The second-order valence-electron chi connectivity index (χ2n) is 7.74. The van der Waals surface area contributed by atoms with Gasteiger partial charge in [-0.3, -0.25) is 19.3 Å². The summed E-state index contributed by atoms with van der Waals surface area (Å²) in [6, 6.07) is 15.7. The van der Waals surface area contributed by atoms with E-state index in [4.69, 9.17) is 32.7 Å². The number of anilines is 1. The van der Waals surface area contributed by atoms with Crippen LogP contribution in [0.1, 0.15) is 11.1 Å². The Morgan fingerprint density at radius 1 is 1.08 bits per heavy atom. The van der Waals surface area contributed by atoms with E-state index in [1.54, 1.807) is 18.2 Å². The minimum Gasteiger partial charge on any atom is -0.493 e. The Bertz CT molecular complexity index is 1420. The average Bonchev–Trinajstić information content (AvgIpc) is 3.11. The summed E-state index contributed by atoms with van der Waals surface area (Å²) in [5, 5.41) is 2.63. The summed E-state index contributed by atoms with van der Waals surface area (Å²) in [7, 11) is 1.45. The Morgan fingerprint density at radius 2 is 1.86 bits per heavy atom. The number of rotatable bonds is 8. The molecular weight excluding hydrogens is 542 g/mol. The molecule has 1 heterocycles. The Morgan fingerprint density at radius 3 is 2.59 bits per heavy atom. The molecule has 1 N–H and O–H groups in total. The van der Waals surface area contributed by atoms with Crippen LogP contribution in [0.4, 0.5) is 14.9 Å². The number of hydrogen-bond donors (Lipinski definition) is 1. The lowest BCUT2D eigenvalue weighted by molar-refractivity contribution is -0.127. The van der Waals surface area contributed by atoms with E-state index in [1.165, 1.54) is 31.4 Å². The summed E-state index contributed by atoms with van der Waals surface area (Å²) in [4.78, 5) is 38.5. The van der Waals surface area contributed by atoms with Crippen molar-refractivity contribution in [3.8, 4) is 11.5 Å². The Balaban J connectivity index is 1.48. The van der Waals surface area contributed by atoms with Gasteiger partial charge in [0.25, 0.3) is 11.1 Å². The van der Waals surface area contributed by atoms with Crippen LogP contribution in [-0.4, -0.2) is 35.6 Å². The number of hydrogen-bond acceptors (Lipinski definition) is 6. The quantitative estimate of drug-likeness (QED) is 0.321. The first-order chi connectivity index (χ1) is 17.7. The zero-order valence-electron chi connectivity index (χ0n) is 19.3. The van der Waals surface area contributed by atoms with Crippen LogP contribution in [0.15, 0.2) is 65.6 Å². The number of benzene rings is 3. The van der Waals surface area contributed by atoms with Gasteiger partial charge in [0.05, 0.1) is 17.0 Å². The number of carbonyl (C=O) groups is 3. The lowest BCUT2D eigenvalue weighted by Crippen LogP contribution is -2.36. The Kier molecular flexibility index (Phi) is 8.38. The molecule has 1 saturated heterocycles. The number of nitrogens with one attached hydrogen (secondary N) is 1. The maximum Gasteiger partial charge on any atom is 0.294 e. The van der Waals surface area contributed by atoms with Gasteiger partial charge in [0, 0.05) is 16.3 Å². The molecule has 3 aromatic rings. The molecular formula is C26H19Cl2FN2O5S. The van der Waals surface area contributed by atoms with Crippen molar-refractivity contribution >= 4 is 63.8 Å². The number of ether oxygens (including phenoxy) is 2. The Hall–Kier alpha value is -3.53. The van der Waals surface area contributed by atoms with Crippen molar-refractivity contribution in [1.82, 2.24) is 4.90 Å². The Labute approximate surface area is 226 Å². The summed E-state index contributed by atoms with van der Waals surface area (Å²) < 4.78 is 24.6. The number of methoxy groups -OCH3 is 1. The summed E-state index contributed by atoms with van der Waals surface area (Å²) >= 11 is 13.3. The smallest absolute Gasteiger partial charge is 0.294 e. The first-order valence-corrected chi connectivity index (χ1v) is 12.4. The van der Waals surface area contributed by atoms with Gasteiger partial charge < -0.3 is 14.8 Å². The molecule has 3 amide bonds. The summed E-state index contributed by atoms with van der Waals surface area (Å²) in [5.41, 5.74) is 1.47. The van der Waals surface area contributed by atoms with Gasteiger partial charge in [0.15, 0.2) is 11.5 Å². The van der Waals surface area contributed by atoms with Crippen molar-refractivity contribution < 1.29 is 28.2 Å². The molecule has 0 aromatic heterocycles. The fourth-order valence-electron chi connectivity index (χ4n) is 3.43. The zero-order valence-corrected chi connectivity index (χ0v) is 21.6. The first kappa shape index (κ1) is 26.5.